The number of nitrogens with zero attached hydrogens (tertiary/aromatic N) is 1. The third-order valence-corrected chi connectivity index (χ3v) is 3.10. The largest absolute Gasteiger partial charge is 0.466 e. The molecular formula is C14H17ClF3N3O3. The first kappa shape index (κ1) is 20.0. The Morgan fingerprint density at radius 1 is 1.33 bits per heavy atom. The second-order valence-electron chi connectivity index (χ2n) is 5.37. The standard InChI is InChI=1S/C14H17ClF3N3O3/c1-8(2)6-11(22)21-13(12(23)24-3,14(16,17)18)20-10-5-4-9(15)7-19-10/h4-5,7-8H,6H2,1-3H3,(H,19,20)(H,21,22)/t13-/m0/s1. The second kappa shape index (κ2) is 7.69. The van der Waals surface area contributed by atoms with Crippen molar-refractivity contribution in [3.63, 3.8) is 0 Å². The van der Waals surface area contributed by atoms with Gasteiger partial charge in [0.25, 0.3) is 0 Å². The predicted molar refractivity (Wildman–Crippen MR) is 81.3 cm³/mol. The van der Waals surface area contributed by atoms with Crippen LogP contribution in [0.5, 0.6) is 0 Å². The molecule has 0 radical (unpaired) electrons. The van der Waals surface area contributed by atoms with Crippen LogP contribution in [0.15, 0.2) is 18.3 Å². The van der Waals surface area contributed by atoms with Gasteiger partial charge in [0.1, 0.15) is 5.82 Å². The molecule has 1 atom stereocenters. The molecule has 0 aliphatic heterocycles. The van der Waals surface area contributed by atoms with E-state index >= 15 is 0 Å². The summed E-state index contributed by atoms with van der Waals surface area (Å²) in [6.07, 6.45) is -4.29. The van der Waals surface area contributed by atoms with E-state index in [1.54, 1.807) is 19.2 Å². The van der Waals surface area contributed by atoms with E-state index in [-0.39, 0.29) is 23.2 Å². The number of esters is 1. The quantitative estimate of drug-likeness (QED) is 0.597. The van der Waals surface area contributed by atoms with Crippen molar-refractivity contribution in [2.24, 2.45) is 5.92 Å². The SMILES string of the molecule is COC(=O)[C@@](NC(=O)CC(C)C)(Nc1ccc(Cl)cn1)C(F)(F)F. The molecule has 0 aliphatic rings. The summed E-state index contributed by atoms with van der Waals surface area (Å²) in [6.45, 7) is 3.31. The molecule has 0 saturated heterocycles. The van der Waals surface area contributed by atoms with E-state index in [0.717, 1.165) is 19.4 Å². The lowest BCUT2D eigenvalue weighted by atomic mass is 10.1. The number of amides is 1. The maximum Gasteiger partial charge on any atom is 0.441 e. The number of methoxy groups -OCH3 is 1. The van der Waals surface area contributed by atoms with Gasteiger partial charge in [-0.05, 0) is 18.1 Å². The molecule has 6 nitrogen and oxygen atoms in total. The molecule has 10 heteroatoms. The first-order chi connectivity index (χ1) is 11.0. The molecule has 0 aromatic carbocycles. The summed E-state index contributed by atoms with van der Waals surface area (Å²) < 4.78 is 45.2. The maximum atomic E-state index is 13.6. The minimum absolute atomic E-state index is 0.195. The first-order valence-corrected chi connectivity index (χ1v) is 7.25. The number of carbonyl (C=O) groups excluding carboxylic acids is 2. The smallest absolute Gasteiger partial charge is 0.441 e. The van der Waals surface area contributed by atoms with Crippen LogP contribution in [0.1, 0.15) is 20.3 Å². The minimum Gasteiger partial charge on any atom is -0.466 e. The van der Waals surface area contributed by atoms with E-state index < -0.39 is 23.7 Å². The molecule has 1 heterocycles. The molecule has 134 valence electrons. The van der Waals surface area contributed by atoms with Crippen molar-refractivity contribution in [1.29, 1.82) is 0 Å². The number of nitrogens with one attached hydrogen (secondary N) is 2. The number of hydrogen-bond donors (Lipinski definition) is 2. The van der Waals surface area contributed by atoms with Crippen molar-refractivity contribution in [3.05, 3.63) is 23.4 Å². The topological polar surface area (TPSA) is 80.3 Å². The van der Waals surface area contributed by atoms with Gasteiger partial charge in [0.05, 0.1) is 12.1 Å². The first-order valence-electron chi connectivity index (χ1n) is 6.87. The summed E-state index contributed by atoms with van der Waals surface area (Å²) in [6, 6.07) is 2.42. The van der Waals surface area contributed by atoms with E-state index in [9.17, 15) is 22.8 Å². The van der Waals surface area contributed by atoms with E-state index in [1.807, 2.05) is 5.32 Å². The molecule has 1 rings (SSSR count). The van der Waals surface area contributed by atoms with Gasteiger partial charge in [0.15, 0.2) is 0 Å². The van der Waals surface area contributed by atoms with Crippen molar-refractivity contribution < 1.29 is 27.5 Å². The van der Waals surface area contributed by atoms with E-state index in [1.165, 1.54) is 6.07 Å². The Kier molecular flexibility index (Phi) is 6.42. The van der Waals surface area contributed by atoms with Crippen LogP contribution < -0.4 is 10.6 Å². The van der Waals surface area contributed by atoms with Crippen LogP contribution in [-0.2, 0) is 14.3 Å². The summed E-state index contributed by atoms with van der Waals surface area (Å²) >= 11 is 5.63. The van der Waals surface area contributed by atoms with Gasteiger partial charge in [0, 0.05) is 12.6 Å². The van der Waals surface area contributed by atoms with Gasteiger partial charge in [-0.2, -0.15) is 13.2 Å². The van der Waals surface area contributed by atoms with Crippen LogP contribution in [0.2, 0.25) is 5.02 Å². The fraction of sp³-hybridized carbons (Fsp3) is 0.500. The Balaban J connectivity index is 3.28. The molecule has 2 N–H and O–H groups in total. The van der Waals surface area contributed by atoms with Gasteiger partial charge in [0.2, 0.25) is 5.91 Å². The summed E-state index contributed by atoms with van der Waals surface area (Å²) in [7, 11) is 0.786. The minimum atomic E-state index is -5.19. The van der Waals surface area contributed by atoms with Crippen LogP contribution in [0, 0.1) is 5.92 Å². The number of alkyl halides is 3. The lowest BCUT2D eigenvalue weighted by molar-refractivity contribution is -0.206. The van der Waals surface area contributed by atoms with Gasteiger partial charge < -0.3 is 15.4 Å². The zero-order valence-electron chi connectivity index (χ0n) is 13.2. The Morgan fingerprint density at radius 3 is 2.38 bits per heavy atom. The van der Waals surface area contributed by atoms with Crippen LogP contribution >= 0.6 is 11.6 Å². The fourth-order valence-corrected chi connectivity index (χ4v) is 1.93. The summed E-state index contributed by atoms with van der Waals surface area (Å²) in [5.41, 5.74) is -3.46. The maximum absolute atomic E-state index is 13.6. The molecule has 0 aliphatic carbocycles. The number of ether oxygens (including phenoxy) is 1. The molecule has 0 bridgehead atoms. The normalized spacial score (nSPS) is 14.0. The van der Waals surface area contributed by atoms with E-state index in [4.69, 9.17) is 11.6 Å². The molecule has 0 fully saturated rings. The Hall–Kier alpha value is -2.03. The van der Waals surface area contributed by atoms with Crippen molar-refractivity contribution in [2.75, 3.05) is 12.4 Å². The average molecular weight is 368 g/mol. The number of halogens is 4. The number of aromatic nitrogens is 1. The second-order valence-corrected chi connectivity index (χ2v) is 5.81. The van der Waals surface area contributed by atoms with Crippen LogP contribution in [0.4, 0.5) is 19.0 Å². The van der Waals surface area contributed by atoms with Crippen LogP contribution in [0.25, 0.3) is 0 Å². The lowest BCUT2D eigenvalue weighted by Crippen LogP contribution is -2.69. The molecule has 0 saturated carbocycles. The molecule has 1 aromatic rings. The van der Waals surface area contributed by atoms with Gasteiger partial charge >= 0.3 is 17.8 Å². The number of rotatable bonds is 6. The highest BCUT2D eigenvalue weighted by Crippen LogP contribution is 2.33. The summed E-state index contributed by atoms with van der Waals surface area (Å²) in [5, 5.41) is 3.80. The monoisotopic (exact) mass is 367 g/mol. The highest BCUT2D eigenvalue weighted by Gasteiger charge is 2.63. The highest BCUT2D eigenvalue weighted by atomic mass is 35.5. The molecular weight excluding hydrogens is 351 g/mol. The Morgan fingerprint density at radius 2 is 1.96 bits per heavy atom. The molecule has 24 heavy (non-hydrogen) atoms. The summed E-state index contributed by atoms with van der Waals surface area (Å²) in [5.74, 6) is -3.20. The third-order valence-electron chi connectivity index (χ3n) is 2.88. The van der Waals surface area contributed by atoms with Crippen LogP contribution in [0.3, 0.4) is 0 Å². The van der Waals surface area contributed by atoms with Crippen molar-refractivity contribution in [1.82, 2.24) is 10.3 Å². The van der Waals surface area contributed by atoms with Crippen molar-refractivity contribution >= 4 is 29.3 Å². The number of pyridine rings is 1. The molecule has 1 aromatic heterocycles. The van der Waals surface area contributed by atoms with E-state index in [2.05, 4.69) is 9.72 Å². The Bertz CT molecular complexity index is 593. The zero-order chi connectivity index (χ0) is 18.5. The van der Waals surface area contributed by atoms with Crippen molar-refractivity contribution in [2.45, 2.75) is 32.1 Å². The predicted octanol–water partition coefficient (Wildman–Crippen LogP) is 2.74. The highest BCUT2D eigenvalue weighted by molar-refractivity contribution is 6.30. The van der Waals surface area contributed by atoms with Gasteiger partial charge in [-0.15, -0.1) is 0 Å². The fourth-order valence-electron chi connectivity index (χ4n) is 1.82. The third kappa shape index (κ3) is 4.73. The average Bonchev–Trinajstić information content (AvgIpc) is 2.45. The molecule has 1 amide bonds. The van der Waals surface area contributed by atoms with Gasteiger partial charge in [-0.3, -0.25) is 4.79 Å². The molecule has 0 spiro atoms. The zero-order valence-corrected chi connectivity index (χ0v) is 14.0. The number of carbonyl (C=O) groups is 2. The van der Waals surface area contributed by atoms with Gasteiger partial charge in [-0.1, -0.05) is 25.4 Å². The van der Waals surface area contributed by atoms with Crippen molar-refractivity contribution in [3.8, 4) is 0 Å². The summed E-state index contributed by atoms with van der Waals surface area (Å²) in [4.78, 5) is 27.4. The molecule has 0 unspecified atom stereocenters. The number of hydrogen-bond acceptors (Lipinski definition) is 5. The lowest BCUT2D eigenvalue weighted by Gasteiger charge is -2.34. The Labute approximate surface area is 141 Å². The van der Waals surface area contributed by atoms with Crippen LogP contribution in [-0.4, -0.2) is 35.8 Å². The number of anilines is 1. The van der Waals surface area contributed by atoms with Gasteiger partial charge in [-0.25, -0.2) is 9.78 Å². The van der Waals surface area contributed by atoms with E-state index in [0.29, 0.717) is 0 Å².